The van der Waals surface area contributed by atoms with Crippen molar-refractivity contribution in [3.63, 3.8) is 0 Å². The number of carbonyl (C=O) groups is 1. The molecule has 0 aliphatic carbocycles. The Morgan fingerprint density at radius 3 is 2.41 bits per heavy atom. The Kier molecular flexibility index (Phi) is 4.78. The summed E-state index contributed by atoms with van der Waals surface area (Å²) in [6.07, 6.45) is 0. The maximum absolute atomic E-state index is 11.6. The van der Waals surface area contributed by atoms with Gasteiger partial charge in [-0.05, 0) is 18.1 Å². The Bertz CT molecular complexity index is 397. The summed E-state index contributed by atoms with van der Waals surface area (Å²) in [6, 6.07) is 5.52. The van der Waals surface area contributed by atoms with Crippen molar-refractivity contribution in [3.8, 4) is 0 Å². The third kappa shape index (κ3) is 4.32. The van der Waals surface area contributed by atoms with Gasteiger partial charge in [0.15, 0.2) is 5.78 Å². The fourth-order valence-corrected chi connectivity index (χ4v) is 1.24. The monoisotopic (exact) mass is 237 g/mol. The molecule has 0 fully saturated rings. The van der Waals surface area contributed by atoms with Gasteiger partial charge in [0, 0.05) is 24.3 Å². The third-order valence-corrected chi connectivity index (χ3v) is 2.08. The van der Waals surface area contributed by atoms with Crippen LogP contribution in [0.3, 0.4) is 0 Å². The van der Waals surface area contributed by atoms with Crippen LogP contribution in [0.5, 0.6) is 0 Å². The highest BCUT2D eigenvalue weighted by molar-refractivity contribution is 5.97. The van der Waals surface area contributed by atoms with Gasteiger partial charge in [0.1, 0.15) is 6.61 Å². The number of ketones is 1. The van der Waals surface area contributed by atoms with E-state index >= 15 is 0 Å². The van der Waals surface area contributed by atoms with Gasteiger partial charge in [0.05, 0.1) is 4.92 Å². The van der Waals surface area contributed by atoms with Crippen LogP contribution in [0.15, 0.2) is 24.3 Å². The zero-order chi connectivity index (χ0) is 12.8. The quantitative estimate of drug-likeness (QED) is 0.433. The van der Waals surface area contributed by atoms with Gasteiger partial charge in [-0.2, -0.15) is 0 Å². The van der Waals surface area contributed by atoms with Crippen LogP contribution in [0.4, 0.5) is 5.69 Å². The molecule has 0 radical (unpaired) electrons. The molecule has 0 bridgehead atoms. The van der Waals surface area contributed by atoms with Crippen molar-refractivity contribution in [1.29, 1.82) is 0 Å². The smallest absolute Gasteiger partial charge is 0.269 e. The number of Topliss-reactive ketones (excluding diaryl/α,β-unsaturated/α-hetero) is 1. The molecule has 92 valence electrons. The lowest BCUT2D eigenvalue weighted by Gasteiger charge is -2.05. The largest absolute Gasteiger partial charge is 0.373 e. The molecule has 0 saturated heterocycles. The van der Waals surface area contributed by atoms with E-state index < -0.39 is 4.92 Å². The molecule has 0 amide bonds. The molecule has 1 rings (SSSR count). The van der Waals surface area contributed by atoms with Crippen LogP contribution >= 0.6 is 0 Å². The Labute approximate surface area is 99.5 Å². The van der Waals surface area contributed by atoms with Crippen molar-refractivity contribution in [2.24, 2.45) is 5.92 Å². The average molecular weight is 237 g/mol. The van der Waals surface area contributed by atoms with Crippen LogP contribution in [0.25, 0.3) is 0 Å². The maximum atomic E-state index is 11.6. The number of non-ortho nitro benzene ring substituents is 1. The summed E-state index contributed by atoms with van der Waals surface area (Å²) in [7, 11) is 0. The predicted molar refractivity (Wildman–Crippen MR) is 63.1 cm³/mol. The molecule has 1 aromatic rings. The zero-order valence-corrected chi connectivity index (χ0v) is 9.88. The molecule has 0 aromatic heterocycles. The molecular weight excluding hydrogens is 222 g/mol. The van der Waals surface area contributed by atoms with Crippen LogP contribution in [0.1, 0.15) is 24.2 Å². The molecule has 5 nitrogen and oxygen atoms in total. The molecule has 0 unspecified atom stereocenters. The number of nitro benzene ring substituents is 1. The molecule has 1 aromatic carbocycles. The number of nitro groups is 1. The lowest BCUT2D eigenvalue weighted by molar-refractivity contribution is -0.384. The first-order valence-electron chi connectivity index (χ1n) is 5.36. The number of nitrogens with zero attached hydrogens (tertiary/aromatic N) is 1. The van der Waals surface area contributed by atoms with E-state index in [1.807, 2.05) is 13.8 Å². The van der Waals surface area contributed by atoms with Crippen molar-refractivity contribution in [2.75, 3.05) is 13.2 Å². The van der Waals surface area contributed by atoms with Gasteiger partial charge in [0.25, 0.3) is 5.69 Å². The highest BCUT2D eigenvalue weighted by atomic mass is 16.6. The lowest BCUT2D eigenvalue weighted by Crippen LogP contribution is -2.12. The van der Waals surface area contributed by atoms with Gasteiger partial charge in [-0.25, -0.2) is 0 Å². The molecule has 0 aliphatic heterocycles. The van der Waals surface area contributed by atoms with E-state index in [1.165, 1.54) is 24.3 Å². The Morgan fingerprint density at radius 2 is 1.94 bits per heavy atom. The van der Waals surface area contributed by atoms with Crippen LogP contribution in [-0.4, -0.2) is 23.9 Å². The topological polar surface area (TPSA) is 69.4 Å². The van der Waals surface area contributed by atoms with E-state index in [1.54, 1.807) is 0 Å². The summed E-state index contributed by atoms with van der Waals surface area (Å²) < 4.78 is 5.21. The minimum atomic E-state index is -0.497. The molecular formula is C12H15NO4. The number of benzene rings is 1. The number of hydrogen-bond acceptors (Lipinski definition) is 4. The first kappa shape index (κ1) is 13.3. The number of carbonyl (C=O) groups excluding carboxylic acids is 1. The highest BCUT2D eigenvalue weighted by Crippen LogP contribution is 2.12. The molecule has 0 saturated carbocycles. The summed E-state index contributed by atoms with van der Waals surface area (Å²) in [5, 5.41) is 10.4. The second-order valence-corrected chi connectivity index (χ2v) is 4.14. The van der Waals surface area contributed by atoms with E-state index in [-0.39, 0.29) is 18.1 Å². The average Bonchev–Trinajstić information content (AvgIpc) is 2.28. The van der Waals surface area contributed by atoms with Crippen molar-refractivity contribution < 1.29 is 14.5 Å². The van der Waals surface area contributed by atoms with Crippen LogP contribution in [-0.2, 0) is 4.74 Å². The van der Waals surface area contributed by atoms with Gasteiger partial charge < -0.3 is 4.74 Å². The SMILES string of the molecule is CC(C)COCC(=O)c1ccc([N+](=O)[O-])cc1. The molecule has 0 spiro atoms. The van der Waals surface area contributed by atoms with E-state index in [0.29, 0.717) is 18.1 Å². The third-order valence-electron chi connectivity index (χ3n) is 2.08. The van der Waals surface area contributed by atoms with Crippen molar-refractivity contribution in [1.82, 2.24) is 0 Å². The fraction of sp³-hybridized carbons (Fsp3) is 0.417. The second-order valence-electron chi connectivity index (χ2n) is 4.14. The lowest BCUT2D eigenvalue weighted by atomic mass is 10.1. The Hall–Kier alpha value is -1.75. The summed E-state index contributed by atoms with van der Waals surface area (Å²) in [4.78, 5) is 21.5. The van der Waals surface area contributed by atoms with Gasteiger partial charge in [0.2, 0.25) is 0 Å². The molecule has 0 aliphatic rings. The van der Waals surface area contributed by atoms with E-state index in [4.69, 9.17) is 4.74 Å². The van der Waals surface area contributed by atoms with Crippen LogP contribution in [0, 0.1) is 16.0 Å². The van der Waals surface area contributed by atoms with Gasteiger partial charge >= 0.3 is 0 Å². The molecule has 17 heavy (non-hydrogen) atoms. The maximum Gasteiger partial charge on any atom is 0.269 e. The standard InChI is InChI=1S/C12H15NO4/c1-9(2)7-17-8-12(14)10-3-5-11(6-4-10)13(15)16/h3-6,9H,7-8H2,1-2H3. The molecule has 5 heteroatoms. The Balaban J connectivity index is 2.55. The predicted octanol–water partition coefficient (Wildman–Crippen LogP) is 2.45. The summed E-state index contributed by atoms with van der Waals surface area (Å²) in [6.45, 7) is 4.53. The van der Waals surface area contributed by atoms with Gasteiger partial charge in [-0.3, -0.25) is 14.9 Å². The minimum absolute atomic E-state index is 0.00991. The summed E-state index contributed by atoms with van der Waals surface area (Å²) >= 11 is 0. The number of hydrogen-bond donors (Lipinski definition) is 0. The first-order chi connectivity index (χ1) is 8.00. The van der Waals surface area contributed by atoms with Gasteiger partial charge in [-0.1, -0.05) is 13.8 Å². The summed E-state index contributed by atoms with van der Waals surface area (Å²) in [5.74, 6) is 0.209. The molecule has 0 heterocycles. The van der Waals surface area contributed by atoms with Gasteiger partial charge in [-0.15, -0.1) is 0 Å². The number of ether oxygens (including phenoxy) is 1. The van der Waals surface area contributed by atoms with E-state index in [9.17, 15) is 14.9 Å². The second kappa shape index (κ2) is 6.10. The van der Waals surface area contributed by atoms with Crippen molar-refractivity contribution in [3.05, 3.63) is 39.9 Å². The normalized spacial score (nSPS) is 10.5. The Morgan fingerprint density at radius 1 is 1.35 bits per heavy atom. The van der Waals surface area contributed by atoms with Crippen molar-refractivity contribution >= 4 is 11.5 Å². The zero-order valence-electron chi connectivity index (χ0n) is 9.88. The molecule has 0 N–H and O–H groups in total. The fourth-order valence-electron chi connectivity index (χ4n) is 1.24. The number of rotatable bonds is 6. The first-order valence-corrected chi connectivity index (χ1v) is 5.36. The summed E-state index contributed by atoms with van der Waals surface area (Å²) in [5.41, 5.74) is 0.406. The van der Waals surface area contributed by atoms with Crippen LogP contribution < -0.4 is 0 Å². The van der Waals surface area contributed by atoms with E-state index in [2.05, 4.69) is 0 Å². The van der Waals surface area contributed by atoms with Crippen molar-refractivity contribution in [2.45, 2.75) is 13.8 Å². The van der Waals surface area contributed by atoms with E-state index in [0.717, 1.165) is 0 Å². The molecule has 0 atom stereocenters. The highest BCUT2D eigenvalue weighted by Gasteiger charge is 2.09. The minimum Gasteiger partial charge on any atom is -0.373 e. The van der Waals surface area contributed by atoms with Crippen LogP contribution in [0.2, 0.25) is 0 Å².